The molecule has 0 heterocycles. The summed E-state index contributed by atoms with van der Waals surface area (Å²) in [4.78, 5) is 11.7. The van der Waals surface area contributed by atoms with Gasteiger partial charge in [0.25, 0.3) is 0 Å². The summed E-state index contributed by atoms with van der Waals surface area (Å²) in [6.07, 6.45) is 5.45. The van der Waals surface area contributed by atoms with Gasteiger partial charge in [-0.05, 0) is 49.4 Å². The summed E-state index contributed by atoms with van der Waals surface area (Å²) in [6, 6.07) is 4.18. The SMILES string of the molecule is COC(=O)c1ccc(S(=O)(=O)NC(CN)C2CCCCC2)c(C)c1. The molecule has 1 unspecified atom stereocenters. The largest absolute Gasteiger partial charge is 0.465 e. The number of methoxy groups -OCH3 is 1. The van der Waals surface area contributed by atoms with Gasteiger partial charge in [-0.15, -0.1) is 0 Å². The number of carbonyl (C=O) groups is 1. The monoisotopic (exact) mass is 354 g/mol. The maximum Gasteiger partial charge on any atom is 0.337 e. The van der Waals surface area contributed by atoms with Gasteiger partial charge in [-0.3, -0.25) is 0 Å². The first-order chi connectivity index (χ1) is 11.4. The Morgan fingerprint density at radius 3 is 2.54 bits per heavy atom. The van der Waals surface area contributed by atoms with Gasteiger partial charge >= 0.3 is 5.97 Å². The molecular weight excluding hydrogens is 328 g/mol. The molecule has 0 aromatic heterocycles. The summed E-state index contributed by atoms with van der Waals surface area (Å²) >= 11 is 0. The van der Waals surface area contributed by atoms with E-state index < -0.39 is 16.0 Å². The molecule has 0 amide bonds. The molecule has 0 saturated heterocycles. The zero-order valence-electron chi connectivity index (χ0n) is 14.2. The standard InChI is InChI=1S/C17H26N2O4S/c1-12-10-14(17(20)23-2)8-9-16(12)24(21,22)19-15(11-18)13-6-4-3-5-7-13/h8-10,13,15,19H,3-7,11,18H2,1-2H3. The van der Waals surface area contributed by atoms with E-state index >= 15 is 0 Å². The first-order valence-corrected chi connectivity index (χ1v) is 9.78. The van der Waals surface area contributed by atoms with Crippen molar-refractivity contribution in [1.29, 1.82) is 0 Å². The van der Waals surface area contributed by atoms with Crippen LogP contribution in [-0.4, -0.2) is 34.1 Å². The molecule has 0 spiro atoms. The van der Waals surface area contributed by atoms with E-state index in [4.69, 9.17) is 5.73 Å². The van der Waals surface area contributed by atoms with Gasteiger partial charge in [0.1, 0.15) is 0 Å². The van der Waals surface area contributed by atoms with Gasteiger partial charge < -0.3 is 10.5 Å². The lowest BCUT2D eigenvalue weighted by atomic mass is 9.84. The zero-order chi connectivity index (χ0) is 17.7. The third-order valence-electron chi connectivity index (χ3n) is 4.66. The molecule has 134 valence electrons. The molecule has 1 fully saturated rings. The average molecular weight is 354 g/mol. The molecule has 1 aromatic carbocycles. The first kappa shape index (κ1) is 18.9. The van der Waals surface area contributed by atoms with Crippen molar-refractivity contribution in [2.24, 2.45) is 11.7 Å². The van der Waals surface area contributed by atoms with E-state index in [0.29, 0.717) is 11.1 Å². The lowest BCUT2D eigenvalue weighted by Gasteiger charge is -2.30. The molecule has 0 aliphatic heterocycles. The Hall–Kier alpha value is -1.44. The predicted octanol–water partition coefficient (Wildman–Crippen LogP) is 1.97. The Bertz CT molecular complexity index is 682. The summed E-state index contributed by atoms with van der Waals surface area (Å²) in [7, 11) is -2.39. The summed E-state index contributed by atoms with van der Waals surface area (Å²) in [5.41, 5.74) is 6.66. The van der Waals surface area contributed by atoms with Crippen LogP contribution >= 0.6 is 0 Å². The fraction of sp³-hybridized carbons (Fsp3) is 0.588. The summed E-state index contributed by atoms with van der Waals surface area (Å²) < 4.78 is 32.9. The van der Waals surface area contributed by atoms with Gasteiger partial charge in [-0.1, -0.05) is 19.3 Å². The fourth-order valence-corrected chi connectivity index (χ4v) is 4.88. The Morgan fingerprint density at radius 1 is 1.33 bits per heavy atom. The molecule has 0 radical (unpaired) electrons. The Kier molecular flexibility index (Phi) is 6.37. The molecule has 2 rings (SSSR count). The molecule has 6 nitrogen and oxygen atoms in total. The minimum atomic E-state index is -3.68. The van der Waals surface area contributed by atoms with Crippen LogP contribution in [0.2, 0.25) is 0 Å². The summed E-state index contributed by atoms with van der Waals surface area (Å²) in [5.74, 6) is -0.203. The van der Waals surface area contributed by atoms with Gasteiger partial charge in [-0.2, -0.15) is 0 Å². The Labute approximate surface area is 143 Å². The van der Waals surface area contributed by atoms with Crippen molar-refractivity contribution in [3.63, 3.8) is 0 Å². The summed E-state index contributed by atoms with van der Waals surface area (Å²) in [6.45, 7) is 1.95. The minimum absolute atomic E-state index is 0.171. The number of carbonyl (C=O) groups excluding carboxylic acids is 1. The number of hydrogen-bond acceptors (Lipinski definition) is 5. The molecule has 1 saturated carbocycles. The van der Waals surface area contributed by atoms with Crippen molar-refractivity contribution in [3.05, 3.63) is 29.3 Å². The van der Waals surface area contributed by atoms with Crippen molar-refractivity contribution >= 4 is 16.0 Å². The normalized spacial score (nSPS) is 17.5. The molecule has 1 aliphatic rings. The van der Waals surface area contributed by atoms with Crippen LogP contribution in [0.15, 0.2) is 23.1 Å². The van der Waals surface area contributed by atoms with Crippen molar-refractivity contribution in [1.82, 2.24) is 4.72 Å². The van der Waals surface area contributed by atoms with Crippen molar-refractivity contribution in [2.45, 2.75) is 50.0 Å². The molecule has 1 aliphatic carbocycles. The predicted molar refractivity (Wildman–Crippen MR) is 92.3 cm³/mol. The molecule has 1 atom stereocenters. The highest BCUT2D eigenvalue weighted by Crippen LogP contribution is 2.27. The van der Waals surface area contributed by atoms with Crippen LogP contribution in [0.1, 0.15) is 48.0 Å². The van der Waals surface area contributed by atoms with Crippen LogP contribution in [-0.2, 0) is 14.8 Å². The summed E-state index contributed by atoms with van der Waals surface area (Å²) in [5, 5.41) is 0. The van der Waals surface area contributed by atoms with E-state index in [9.17, 15) is 13.2 Å². The fourth-order valence-electron chi connectivity index (χ4n) is 3.33. The zero-order valence-corrected chi connectivity index (χ0v) is 15.1. The number of nitrogens with one attached hydrogen (secondary N) is 1. The first-order valence-electron chi connectivity index (χ1n) is 8.30. The second-order valence-corrected chi connectivity index (χ2v) is 8.02. The minimum Gasteiger partial charge on any atom is -0.465 e. The van der Waals surface area contributed by atoms with E-state index in [-0.39, 0.29) is 23.4 Å². The van der Waals surface area contributed by atoms with Crippen LogP contribution < -0.4 is 10.5 Å². The maximum atomic E-state index is 12.7. The number of aryl methyl sites for hydroxylation is 1. The molecule has 0 bridgehead atoms. The Morgan fingerprint density at radius 2 is 2.00 bits per heavy atom. The van der Waals surface area contributed by atoms with Gasteiger partial charge in [0.05, 0.1) is 17.6 Å². The van der Waals surface area contributed by atoms with E-state index in [2.05, 4.69) is 9.46 Å². The van der Waals surface area contributed by atoms with Gasteiger partial charge in [-0.25, -0.2) is 17.9 Å². The third kappa shape index (κ3) is 4.34. The van der Waals surface area contributed by atoms with Gasteiger partial charge in [0.15, 0.2) is 0 Å². The van der Waals surface area contributed by atoms with Crippen LogP contribution in [0.3, 0.4) is 0 Å². The highest BCUT2D eigenvalue weighted by molar-refractivity contribution is 7.89. The highest BCUT2D eigenvalue weighted by Gasteiger charge is 2.28. The number of sulfonamides is 1. The van der Waals surface area contributed by atoms with Crippen molar-refractivity contribution < 1.29 is 17.9 Å². The number of benzene rings is 1. The highest BCUT2D eigenvalue weighted by atomic mass is 32.2. The smallest absolute Gasteiger partial charge is 0.337 e. The maximum absolute atomic E-state index is 12.7. The van der Waals surface area contributed by atoms with Crippen LogP contribution in [0.5, 0.6) is 0 Å². The second kappa shape index (κ2) is 8.09. The molecule has 1 aromatic rings. The number of hydrogen-bond donors (Lipinski definition) is 2. The molecule has 7 heteroatoms. The number of rotatable bonds is 6. The van der Waals surface area contributed by atoms with Crippen LogP contribution in [0.25, 0.3) is 0 Å². The van der Waals surface area contributed by atoms with E-state index in [0.717, 1.165) is 25.7 Å². The lowest BCUT2D eigenvalue weighted by Crippen LogP contribution is -2.45. The second-order valence-electron chi connectivity index (χ2n) is 6.33. The molecular formula is C17H26N2O4S. The van der Waals surface area contributed by atoms with Crippen LogP contribution in [0, 0.1) is 12.8 Å². The van der Waals surface area contributed by atoms with Crippen molar-refractivity contribution in [3.8, 4) is 0 Å². The van der Waals surface area contributed by atoms with E-state index in [1.165, 1.54) is 31.7 Å². The number of esters is 1. The van der Waals surface area contributed by atoms with Crippen LogP contribution in [0.4, 0.5) is 0 Å². The number of ether oxygens (including phenoxy) is 1. The average Bonchev–Trinajstić information content (AvgIpc) is 2.59. The van der Waals surface area contributed by atoms with Gasteiger partial charge in [0.2, 0.25) is 10.0 Å². The van der Waals surface area contributed by atoms with E-state index in [1.807, 2.05) is 0 Å². The topological polar surface area (TPSA) is 98.5 Å². The lowest BCUT2D eigenvalue weighted by molar-refractivity contribution is 0.0600. The third-order valence-corrected chi connectivity index (χ3v) is 6.32. The molecule has 3 N–H and O–H groups in total. The molecule has 24 heavy (non-hydrogen) atoms. The Balaban J connectivity index is 2.21. The van der Waals surface area contributed by atoms with E-state index in [1.54, 1.807) is 6.92 Å². The quantitative estimate of drug-likeness (QED) is 0.761. The number of nitrogens with two attached hydrogens (primary N) is 1. The van der Waals surface area contributed by atoms with Crippen molar-refractivity contribution in [2.75, 3.05) is 13.7 Å². The van der Waals surface area contributed by atoms with Gasteiger partial charge in [0, 0.05) is 12.6 Å².